The van der Waals surface area contributed by atoms with E-state index in [0.717, 1.165) is 30.8 Å². The third-order valence-electron chi connectivity index (χ3n) is 5.39. The van der Waals surface area contributed by atoms with Crippen molar-refractivity contribution in [3.8, 4) is 11.5 Å². The zero-order valence-electron chi connectivity index (χ0n) is 13.3. The molecule has 0 heterocycles. The average molecular weight is 277 g/mol. The van der Waals surface area contributed by atoms with Crippen LogP contribution in [0.2, 0.25) is 0 Å². The minimum Gasteiger partial charge on any atom is -0.493 e. The molecule has 3 nitrogen and oxygen atoms in total. The number of benzene rings is 1. The summed E-state index contributed by atoms with van der Waals surface area (Å²) in [5, 5.41) is 0. The van der Waals surface area contributed by atoms with Gasteiger partial charge in [0.25, 0.3) is 0 Å². The molecule has 2 unspecified atom stereocenters. The van der Waals surface area contributed by atoms with Gasteiger partial charge in [0.15, 0.2) is 11.5 Å². The Morgan fingerprint density at radius 3 is 2.15 bits per heavy atom. The molecule has 0 amide bonds. The van der Waals surface area contributed by atoms with Crippen LogP contribution in [0.1, 0.15) is 50.2 Å². The molecule has 0 aromatic heterocycles. The normalized spacial score (nSPS) is 24.1. The summed E-state index contributed by atoms with van der Waals surface area (Å²) in [5.74, 6) is 2.15. The predicted octanol–water partition coefficient (Wildman–Crippen LogP) is 3.63. The van der Waals surface area contributed by atoms with Crippen molar-refractivity contribution in [2.45, 2.75) is 52.0 Å². The highest BCUT2D eigenvalue weighted by Crippen LogP contribution is 2.57. The Bertz CT molecular complexity index is 480. The fraction of sp³-hybridized carbons (Fsp3) is 0.647. The molecule has 1 saturated carbocycles. The molecule has 2 N–H and O–H groups in total. The minimum atomic E-state index is 0.240. The van der Waals surface area contributed by atoms with E-state index in [-0.39, 0.29) is 5.41 Å². The summed E-state index contributed by atoms with van der Waals surface area (Å²) in [6, 6.07) is 4.54. The second-order valence-corrected chi connectivity index (χ2v) is 5.90. The van der Waals surface area contributed by atoms with Gasteiger partial charge in [-0.05, 0) is 60.8 Å². The molecule has 3 heteroatoms. The molecule has 1 aromatic carbocycles. The van der Waals surface area contributed by atoms with Gasteiger partial charge in [-0.1, -0.05) is 13.8 Å². The molecule has 1 aliphatic rings. The molecule has 20 heavy (non-hydrogen) atoms. The molecule has 0 radical (unpaired) electrons. The van der Waals surface area contributed by atoms with Crippen molar-refractivity contribution in [3.63, 3.8) is 0 Å². The maximum Gasteiger partial charge on any atom is 0.161 e. The quantitative estimate of drug-likeness (QED) is 0.893. The highest BCUT2D eigenvalue weighted by atomic mass is 16.5. The van der Waals surface area contributed by atoms with Crippen molar-refractivity contribution in [3.05, 3.63) is 23.3 Å². The first-order valence-corrected chi connectivity index (χ1v) is 7.52. The number of hydrogen-bond acceptors (Lipinski definition) is 3. The van der Waals surface area contributed by atoms with Crippen LogP contribution >= 0.6 is 0 Å². The molecule has 2 rings (SSSR count). The fourth-order valence-electron chi connectivity index (χ4n) is 3.90. The molecule has 1 fully saturated rings. The van der Waals surface area contributed by atoms with E-state index in [1.165, 1.54) is 11.1 Å². The van der Waals surface area contributed by atoms with Crippen LogP contribution in [0.5, 0.6) is 11.5 Å². The van der Waals surface area contributed by atoms with Gasteiger partial charge in [-0.15, -0.1) is 0 Å². The number of rotatable bonds is 5. The van der Waals surface area contributed by atoms with Crippen molar-refractivity contribution in [1.29, 1.82) is 0 Å². The van der Waals surface area contributed by atoms with Crippen molar-refractivity contribution < 1.29 is 9.47 Å². The van der Waals surface area contributed by atoms with Crippen LogP contribution in [0.15, 0.2) is 12.1 Å². The van der Waals surface area contributed by atoms with Crippen molar-refractivity contribution in [1.82, 2.24) is 0 Å². The Hall–Kier alpha value is -1.22. The zero-order chi connectivity index (χ0) is 14.9. The van der Waals surface area contributed by atoms with E-state index >= 15 is 0 Å². The van der Waals surface area contributed by atoms with Gasteiger partial charge in [0.1, 0.15) is 0 Å². The Balaban J connectivity index is 2.43. The van der Waals surface area contributed by atoms with Gasteiger partial charge in [-0.2, -0.15) is 0 Å². The molecule has 0 bridgehead atoms. The Kier molecular flexibility index (Phi) is 4.28. The lowest BCUT2D eigenvalue weighted by Crippen LogP contribution is -2.56. The van der Waals surface area contributed by atoms with Crippen LogP contribution in [0.4, 0.5) is 0 Å². The standard InChI is InChI=1S/C17H27NO2/c1-6-17(7-2)13(10-16(17)18)12-9-15(20-5)14(19-4)8-11(12)3/h8-9,13,16H,6-7,10,18H2,1-5H3. The predicted molar refractivity (Wildman–Crippen MR) is 82.6 cm³/mol. The summed E-state index contributed by atoms with van der Waals surface area (Å²) in [5.41, 5.74) is 9.21. The monoisotopic (exact) mass is 277 g/mol. The highest BCUT2D eigenvalue weighted by molar-refractivity contribution is 5.49. The van der Waals surface area contributed by atoms with Crippen molar-refractivity contribution in [2.75, 3.05) is 14.2 Å². The number of nitrogens with two attached hydrogens (primary N) is 1. The molecule has 0 aliphatic heterocycles. The van der Waals surface area contributed by atoms with Crippen LogP contribution in [-0.4, -0.2) is 20.3 Å². The molecule has 1 aromatic rings. The Morgan fingerprint density at radius 1 is 1.15 bits per heavy atom. The minimum absolute atomic E-state index is 0.240. The van der Waals surface area contributed by atoms with Gasteiger partial charge in [-0.25, -0.2) is 0 Å². The van der Waals surface area contributed by atoms with E-state index in [0.29, 0.717) is 12.0 Å². The maximum absolute atomic E-state index is 6.33. The smallest absolute Gasteiger partial charge is 0.161 e. The lowest BCUT2D eigenvalue weighted by Gasteiger charge is -2.55. The van der Waals surface area contributed by atoms with Gasteiger partial charge in [0.05, 0.1) is 14.2 Å². The van der Waals surface area contributed by atoms with Crippen LogP contribution in [-0.2, 0) is 0 Å². The second-order valence-electron chi connectivity index (χ2n) is 5.90. The largest absolute Gasteiger partial charge is 0.493 e. The molecule has 112 valence electrons. The van der Waals surface area contributed by atoms with Crippen molar-refractivity contribution >= 4 is 0 Å². The van der Waals surface area contributed by atoms with Crippen LogP contribution in [0, 0.1) is 12.3 Å². The lowest BCUT2D eigenvalue weighted by molar-refractivity contribution is 0.0433. The fourth-order valence-corrected chi connectivity index (χ4v) is 3.90. The number of methoxy groups -OCH3 is 2. The number of hydrogen-bond donors (Lipinski definition) is 1. The molecule has 0 saturated heterocycles. The van der Waals surface area contributed by atoms with E-state index in [9.17, 15) is 0 Å². The van der Waals surface area contributed by atoms with E-state index in [1.54, 1.807) is 14.2 Å². The first kappa shape index (κ1) is 15.2. The maximum atomic E-state index is 6.33. The van der Waals surface area contributed by atoms with Gasteiger partial charge >= 0.3 is 0 Å². The highest BCUT2D eigenvalue weighted by Gasteiger charge is 2.51. The molecule has 0 spiro atoms. The number of ether oxygens (including phenoxy) is 2. The van der Waals surface area contributed by atoms with Gasteiger partial charge in [0, 0.05) is 6.04 Å². The summed E-state index contributed by atoms with van der Waals surface area (Å²) in [6.07, 6.45) is 3.32. The second kappa shape index (κ2) is 5.65. The summed E-state index contributed by atoms with van der Waals surface area (Å²) in [4.78, 5) is 0. The van der Waals surface area contributed by atoms with E-state index in [4.69, 9.17) is 15.2 Å². The van der Waals surface area contributed by atoms with Gasteiger partial charge in [-0.3, -0.25) is 0 Å². The average Bonchev–Trinajstić information content (AvgIpc) is 2.46. The zero-order valence-corrected chi connectivity index (χ0v) is 13.3. The van der Waals surface area contributed by atoms with Crippen LogP contribution in [0.25, 0.3) is 0 Å². The summed E-state index contributed by atoms with van der Waals surface area (Å²) >= 11 is 0. The summed E-state index contributed by atoms with van der Waals surface area (Å²) in [6.45, 7) is 6.66. The third-order valence-corrected chi connectivity index (χ3v) is 5.39. The molecular weight excluding hydrogens is 250 g/mol. The first-order chi connectivity index (χ1) is 9.53. The van der Waals surface area contributed by atoms with Crippen LogP contribution < -0.4 is 15.2 Å². The molecule has 1 aliphatic carbocycles. The van der Waals surface area contributed by atoms with Crippen LogP contribution in [0.3, 0.4) is 0 Å². The summed E-state index contributed by atoms with van der Waals surface area (Å²) < 4.78 is 10.8. The lowest BCUT2D eigenvalue weighted by atomic mass is 9.51. The third kappa shape index (κ3) is 2.08. The van der Waals surface area contributed by atoms with E-state index < -0.39 is 0 Å². The Morgan fingerprint density at radius 2 is 1.70 bits per heavy atom. The SMILES string of the molecule is CCC1(CC)C(N)CC1c1cc(OC)c(OC)cc1C. The van der Waals surface area contributed by atoms with Crippen molar-refractivity contribution in [2.24, 2.45) is 11.1 Å². The topological polar surface area (TPSA) is 44.5 Å². The Labute approximate surface area is 122 Å². The number of aryl methyl sites for hydroxylation is 1. The molecular formula is C17H27NO2. The summed E-state index contributed by atoms with van der Waals surface area (Å²) in [7, 11) is 3.37. The molecule has 2 atom stereocenters. The van der Waals surface area contributed by atoms with Gasteiger partial charge in [0.2, 0.25) is 0 Å². The van der Waals surface area contributed by atoms with E-state index in [2.05, 4.69) is 32.9 Å². The van der Waals surface area contributed by atoms with E-state index in [1.807, 2.05) is 0 Å². The van der Waals surface area contributed by atoms with Gasteiger partial charge < -0.3 is 15.2 Å². The first-order valence-electron chi connectivity index (χ1n) is 7.52.